The van der Waals surface area contributed by atoms with Gasteiger partial charge in [-0.1, -0.05) is 35.9 Å². The van der Waals surface area contributed by atoms with E-state index in [1.165, 1.54) is 0 Å². The van der Waals surface area contributed by atoms with E-state index in [1.807, 2.05) is 92.7 Å². The third-order valence-corrected chi connectivity index (χ3v) is 5.16. The van der Waals surface area contributed by atoms with E-state index in [0.29, 0.717) is 23.4 Å². The van der Waals surface area contributed by atoms with Crippen LogP contribution < -0.4 is 15.2 Å². The molecule has 4 rings (SSSR count). The number of nitrogens with zero attached hydrogens (tertiary/aromatic N) is 1. The number of hydrogen-bond acceptors (Lipinski definition) is 3. The Bertz CT molecular complexity index is 1260. The van der Waals surface area contributed by atoms with Crippen LogP contribution in [0.4, 0.5) is 5.69 Å². The highest BCUT2D eigenvalue weighted by molar-refractivity contribution is 6.06. The smallest absolute Gasteiger partial charge is 0.258 e. The first-order chi connectivity index (χ1) is 15.0. The molecule has 0 fully saturated rings. The van der Waals surface area contributed by atoms with Gasteiger partial charge < -0.3 is 14.6 Å². The minimum atomic E-state index is -0.202. The topological polar surface area (TPSA) is 62.4 Å². The van der Waals surface area contributed by atoms with Crippen LogP contribution in [0.3, 0.4) is 0 Å². The van der Waals surface area contributed by atoms with E-state index in [2.05, 4.69) is 4.98 Å². The molecule has 5 nitrogen and oxygen atoms in total. The molecule has 1 heterocycles. The van der Waals surface area contributed by atoms with Gasteiger partial charge in [-0.2, -0.15) is 0 Å². The fourth-order valence-corrected chi connectivity index (χ4v) is 3.50. The lowest BCUT2D eigenvalue weighted by molar-refractivity contribution is 0.0985. The quantitative estimate of drug-likeness (QED) is 0.480. The van der Waals surface area contributed by atoms with Crippen molar-refractivity contribution in [2.75, 3.05) is 11.5 Å². The van der Waals surface area contributed by atoms with Gasteiger partial charge in [0, 0.05) is 22.3 Å². The van der Waals surface area contributed by atoms with Crippen molar-refractivity contribution in [3.05, 3.63) is 106 Å². The summed E-state index contributed by atoms with van der Waals surface area (Å²) in [5, 5.41) is 0.923. The number of ether oxygens (including phenoxy) is 1. The summed E-state index contributed by atoms with van der Waals surface area (Å²) < 4.78 is 5.53. The predicted molar refractivity (Wildman–Crippen MR) is 124 cm³/mol. The number of H-pyrrole nitrogens is 1. The maximum absolute atomic E-state index is 13.4. The number of rotatable bonds is 6. The van der Waals surface area contributed by atoms with Crippen LogP contribution in [0.25, 0.3) is 10.9 Å². The summed E-state index contributed by atoms with van der Waals surface area (Å²) in [5.41, 5.74) is 3.43. The Morgan fingerprint density at radius 1 is 0.968 bits per heavy atom. The Hall–Kier alpha value is -3.86. The molecule has 0 spiro atoms. The monoisotopic (exact) mass is 412 g/mol. The maximum Gasteiger partial charge on any atom is 0.258 e. The lowest BCUT2D eigenvalue weighted by atomic mass is 10.1. The van der Waals surface area contributed by atoms with E-state index in [0.717, 1.165) is 22.2 Å². The van der Waals surface area contributed by atoms with Gasteiger partial charge in [0.2, 0.25) is 0 Å². The van der Waals surface area contributed by atoms with Crippen LogP contribution in [0.2, 0.25) is 0 Å². The SMILES string of the molecule is CCOc1ccc(N(Cc2cc3ccccc3[nH]c2=O)C(=O)c2ccc(C)cc2)cc1. The second-order valence-corrected chi connectivity index (χ2v) is 7.40. The first kappa shape index (κ1) is 20.4. The van der Waals surface area contributed by atoms with Crippen LogP contribution >= 0.6 is 0 Å². The Morgan fingerprint density at radius 2 is 1.68 bits per heavy atom. The van der Waals surface area contributed by atoms with Crippen molar-refractivity contribution in [2.45, 2.75) is 20.4 Å². The van der Waals surface area contributed by atoms with Gasteiger partial charge in [-0.3, -0.25) is 9.59 Å². The van der Waals surface area contributed by atoms with Crippen molar-refractivity contribution in [2.24, 2.45) is 0 Å². The molecule has 0 radical (unpaired) electrons. The number of para-hydroxylation sites is 1. The number of carbonyl (C=O) groups excluding carboxylic acids is 1. The number of nitrogens with one attached hydrogen (secondary N) is 1. The molecule has 0 saturated heterocycles. The van der Waals surface area contributed by atoms with Crippen LogP contribution in [0.1, 0.15) is 28.4 Å². The normalized spacial score (nSPS) is 10.8. The van der Waals surface area contributed by atoms with Gasteiger partial charge in [-0.25, -0.2) is 0 Å². The highest BCUT2D eigenvalue weighted by atomic mass is 16.5. The highest BCUT2D eigenvalue weighted by Gasteiger charge is 2.20. The van der Waals surface area contributed by atoms with Crippen LogP contribution in [0, 0.1) is 6.92 Å². The number of benzene rings is 3. The van der Waals surface area contributed by atoms with Crippen molar-refractivity contribution < 1.29 is 9.53 Å². The van der Waals surface area contributed by atoms with E-state index in [-0.39, 0.29) is 18.0 Å². The molecule has 1 amide bonds. The molecule has 0 saturated carbocycles. The summed E-state index contributed by atoms with van der Waals surface area (Å²) in [7, 11) is 0. The van der Waals surface area contributed by atoms with Gasteiger partial charge in [0.15, 0.2) is 0 Å². The minimum absolute atomic E-state index is 0.154. The first-order valence-corrected chi connectivity index (χ1v) is 10.3. The van der Waals surface area contributed by atoms with Crippen molar-refractivity contribution in [1.82, 2.24) is 4.98 Å². The molecule has 0 unspecified atom stereocenters. The van der Waals surface area contributed by atoms with Crippen LogP contribution in [-0.2, 0) is 6.54 Å². The van der Waals surface area contributed by atoms with Crippen LogP contribution in [-0.4, -0.2) is 17.5 Å². The number of fused-ring (bicyclic) bond motifs is 1. The molecule has 5 heteroatoms. The zero-order chi connectivity index (χ0) is 21.8. The average molecular weight is 412 g/mol. The zero-order valence-electron chi connectivity index (χ0n) is 17.6. The lowest BCUT2D eigenvalue weighted by Gasteiger charge is -2.23. The van der Waals surface area contributed by atoms with Crippen LogP contribution in [0.15, 0.2) is 83.7 Å². The van der Waals surface area contributed by atoms with Gasteiger partial charge >= 0.3 is 0 Å². The third-order valence-electron chi connectivity index (χ3n) is 5.16. The molecule has 4 aromatic rings. The Kier molecular flexibility index (Phi) is 5.85. The number of pyridine rings is 1. The van der Waals surface area contributed by atoms with E-state index in [1.54, 1.807) is 4.90 Å². The van der Waals surface area contributed by atoms with Gasteiger partial charge in [0.25, 0.3) is 11.5 Å². The van der Waals surface area contributed by atoms with Crippen LogP contribution in [0.5, 0.6) is 5.75 Å². The van der Waals surface area contributed by atoms with Gasteiger partial charge in [-0.05, 0) is 67.8 Å². The Labute approximate surface area is 180 Å². The van der Waals surface area contributed by atoms with Crippen molar-refractivity contribution in [3.63, 3.8) is 0 Å². The number of aryl methyl sites for hydroxylation is 1. The summed E-state index contributed by atoms with van der Waals surface area (Å²) in [6, 6.07) is 24.2. The largest absolute Gasteiger partial charge is 0.494 e. The molecule has 31 heavy (non-hydrogen) atoms. The molecule has 0 atom stereocenters. The third kappa shape index (κ3) is 4.51. The molecule has 0 aliphatic carbocycles. The second-order valence-electron chi connectivity index (χ2n) is 7.40. The minimum Gasteiger partial charge on any atom is -0.494 e. The number of aromatic nitrogens is 1. The van der Waals surface area contributed by atoms with Gasteiger partial charge in [0.1, 0.15) is 5.75 Å². The molecule has 0 bridgehead atoms. The summed E-state index contributed by atoms with van der Waals surface area (Å²) in [4.78, 5) is 30.7. The summed E-state index contributed by atoms with van der Waals surface area (Å²) in [6.07, 6.45) is 0. The molecule has 156 valence electrons. The molecule has 0 aliphatic heterocycles. The number of anilines is 1. The molecule has 3 aromatic carbocycles. The van der Waals surface area contributed by atoms with Crippen molar-refractivity contribution >= 4 is 22.5 Å². The summed E-state index contributed by atoms with van der Waals surface area (Å²) in [5.74, 6) is 0.564. The molecular weight excluding hydrogens is 388 g/mol. The Balaban J connectivity index is 1.74. The number of amides is 1. The fraction of sp³-hybridized carbons (Fsp3) is 0.154. The number of aromatic amines is 1. The maximum atomic E-state index is 13.4. The average Bonchev–Trinajstić information content (AvgIpc) is 2.78. The Morgan fingerprint density at radius 3 is 2.39 bits per heavy atom. The van der Waals surface area contributed by atoms with E-state index in [4.69, 9.17) is 4.74 Å². The second kappa shape index (κ2) is 8.88. The predicted octanol–water partition coefficient (Wildman–Crippen LogP) is 5.08. The van der Waals surface area contributed by atoms with E-state index >= 15 is 0 Å². The zero-order valence-corrected chi connectivity index (χ0v) is 17.6. The highest BCUT2D eigenvalue weighted by Crippen LogP contribution is 2.24. The van der Waals surface area contributed by atoms with Crippen molar-refractivity contribution in [1.29, 1.82) is 0 Å². The van der Waals surface area contributed by atoms with Gasteiger partial charge in [-0.15, -0.1) is 0 Å². The fourth-order valence-electron chi connectivity index (χ4n) is 3.50. The number of hydrogen-bond donors (Lipinski definition) is 1. The van der Waals surface area contributed by atoms with E-state index in [9.17, 15) is 9.59 Å². The van der Waals surface area contributed by atoms with Gasteiger partial charge in [0.05, 0.1) is 13.2 Å². The molecule has 0 aliphatic rings. The first-order valence-electron chi connectivity index (χ1n) is 10.3. The standard InChI is InChI=1S/C26H24N2O3/c1-3-31-23-14-12-22(13-15-23)28(26(30)19-10-8-18(2)9-11-19)17-21-16-20-6-4-5-7-24(20)27-25(21)29/h4-16H,3,17H2,1-2H3,(H,27,29). The summed E-state index contributed by atoms with van der Waals surface area (Å²) >= 11 is 0. The number of carbonyl (C=O) groups is 1. The molecular formula is C26H24N2O3. The lowest BCUT2D eigenvalue weighted by Crippen LogP contribution is -2.32. The summed E-state index contributed by atoms with van der Waals surface area (Å²) in [6.45, 7) is 4.62. The molecule has 1 aromatic heterocycles. The van der Waals surface area contributed by atoms with E-state index < -0.39 is 0 Å². The van der Waals surface area contributed by atoms with Crippen molar-refractivity contribution in [3.8, 4) is 5.75 Å². The molecule has 1 N–H and O–H groups in total.